The van der Waals surface area contributed by atoms with Crippen molar-refractivity contribution in [1.29, 1.82) is 0 Å². The summed E-state index contributed by atoms with van der Waals surface area (Å²) in [4.78, 5) is 21.7. The summed E-state index contributed by atoms with van der Waals surface area (Å²) in [5.41, 5.74) is 0.159. The summed E-state index contributed by atoms with van der Waals surface area (Å²) in [6.07, 6.45) is -0.642. The van der Waals surface area contributed by atoms with E-state index in [0.717, 1.165) is 0 Å². The topological polar surface area (TPSA) is 86.6 Å². The molecule has 0 aliphatic carbocycles. The van der Waals surface area contributed by atoms with Gasteiger partial charge >= 0.3 is 5.97 Å². The van der Waals surface area contributed by atoms with Crippen LogP contribution in [0.3, 0.4) is 0 Å². The van der Waals surface area contributed by atoms with Gasteiger partial charge in [-0.25, -0.2) is 4.79 Å². The molecule has 0 radical (unpaired) electrons. The first-order chi connectivity index (χ1) is 6.36. The van der Waals surface area contributed by atoms with Gasteiger partial charge in [0, 0.05) is 17.7 Å². The number of amides is 1. The zero-order chi connectivity index (χ0) is 11.3. The van der Waals surface area contributed by atoms with Gasteiger partial charge in [0.1, 0.15) is 0 Å². The largest absolute Gasteiger partial charge is 0.478 e. The molecule has 0 saturated heterocycles. The van der Waals surface area contributed by atoms with E-state index >= 15 is 0 Å². The zero-order valence-corrected chi connectivity index (χ0v) is 8.50. The summed E-state index contributed by atoms with van der Waals surface area (Å²) in [6.45, 7) is 4.44. The van der Waals surface area contributed by atoms with Gasteiger partial charge in [0.05, 0.1) is 6.10 Å². The third kappa shape index (κ3) is 4.04. The average molecular weight is 201 g/mol. The second-order valence-corrected chi connectivity index (χ2v) is 3.11. The number of carbonyl (C=O) groups is 2. The Morgan fingerprint density at radius 3 is 2.14 bits per heavy atom. The van der Waals surface area contributed by atoms with E-state index in [0.29, 0.717) is 0 Å². The third-order valence-corrected chi connectivity index (χ3v) is 1.78. The van der Waals surface area contributed by atoms with E-state index in [1.54, 1.807) is 0 Å². The van der Waals surface area contributed by atoms with Gasteiger partial charge in [0.2, 0.25) is 5.91 Å². The van der Waals surface area contributed by atoms with Gasteiger partial charge in [0.15, 0.2) is 0 Å². The highest BCUT2D eigenvalue weighted by atomic mass is 16.4. The molecule has 0 fully saturated rings. The van der Waals surface area contributed by atoms with Crippen molar-refractivity contribution in [1.82, 2.24) is 5.32 Å². The quantitative estimate of drug-likeness (QED) is 0.554. The molecule has 5 nitrogen and oxygen atoms in total. The van der Waals surface area contributed by atoms with Gasteiger partial charge in [-0.3, -0.25) is 4.79 Å². The SMILES string of the molecule is CC(C(=O)O)=C(C)C(=O)NC[C@@H](C)O. The van der Waals surface area contributed by atoms with Crippen molar-refractivity contribution < 1.29 is 19.8 Å². The van der Waals surface area contributed by atoms with Crippen molar-refractivity contribution in [2.75, 3.05) is 6.54 Å². The molecule has 5 heteroatoms. The highest BCUT2D eigenvalue weighted by Crippen LogP contribution is 2.03. The third-order valence-electron chi connectivity index (χ3n) is 1.78. The van der Waals surface area contributed by atoms with Crippen LogP contribution in [0.2, 0.25) is 0 Å². The predicted molar refractivity (Wildman–Crippen MR) is 50.7 cm³/mol. The van der Waals surface area contributed by atoms with E-state index in [1.165, 1.54) is 20.8 Å². The monoisotopic (exact) mass is 201 g/mol. The van der Waals surface area contributed by atoms with E-state index in [-0.39, 0.29) is 17.7 Å². The minimum Gasteiger partial charge on any atom is -0.478 e. The molecular formula is C9H15NO4. The summed E-state index contributed by atoms with van der Waals surface area (Å²) in [5, 5.41) is 19.9. The fraction of sp³-hybridized carbons (Fsp3) is 0.556. The summed E-state index contributed by atoms with van der Waals surface area (Å²) in [5.74, 6) is -1.58. The summed E-state index contributed by atoms with van der Waals surface area (Å²) < 4.78 is 0. The molecule has 0 unspecified atom stereocenters. The van der Waals surface area contributed by atoms with Crippen LogP contribution in [0.5, 0.6) is 0 Å². The van der Waals surface area contributed by atoms with Gasteiger partial charge in [-0.05, 0) is 20.8 Å². The molecule has 80 valence electrons. The number of carboxylic acids is 1. The number of hydrogen-bond acceptors (Lipinski definition) is 3. The standard InChI is InChI=1S/C9H15NO4/c1-5(11)4-10-8(12)6(2)7(3)9(13)14/h5,11H,4H2,1-3H3,(H,10,12)(H,13,14)/t5-/m1/s1. The van der Waals surface area contributed by atoms with E-state index in [1.807, 2.05) is 0 Å². The molecule has 0 aromatic heterocycles. The van der Waals surface area contributed by atoms with E-state index in [9.17, 15) is 9.59 Å². The lowest BCUT2D eigenvalue weighted by Gasteiger charge is -2.08. The second-order valence-electron chi connectivity index (χ2n) is 3.11. The van der Waals surface area contributed by atoms with Crippen LogP contribution in [0.4, 0.5) is 0 Å². The molecule has 0 aliphatic rings. The Labute approximate surface area is 82.4 Å². The van der Waals surface area contributed by atoms with Gasteiger partial charge in [0.25, 0.3) is 0 Å². The van der Waals surface area contributed by atoms with Gasteiger partial charge < -0.3 is 15.5 Å². The molecule has 0 spiro atoms. The molecule has 0 aromatic rings. The molecule has 14 heavy (non-hydrogen) atoms. The fourth-order valence-electron chi connectivity index (χ4n) is 0.704. The fourth-order valence-corrected chi connectivity index (χ4v) is 0.704. The Bertz CT molecular complexity index is 268. The molecule has 0 rings (SSSR count). The normalized spacial score (nSPS) is 14.3. The maximum atomic E-state index is 11.2. The number of aliphatic carboxylic acids is 1. The lowest BCUT2D eigenvalue weighted by molar-refractivity contribution is -0.133. The van der Waals surface area contributed by atoms with Crippen molar-refractivity contribution in [3.05, 3.63) is 11.1 Å². The first-order valence-corrected chi connectivity index (χ1v) is 4.23. The number of aliphatic hydroxyl groups is 1. The van der Waals surface area contributed by atoms with Gasteiger partial charge in [-0.2, -0.15) is 0 Å². The molecule has 0 saturated carbocycles. The minimum absolute atomic E-state index is 0.00749. The molecule has 1 amide bonds. The van der Waals surface area contributed by atoms with Crippen molar-refractivity contribution >= 4 is 11.9 Å². The highest BCUT2D eigenvalue weighted by Gasteiger charge is 2.12. The van der Waals surface area contributed by atoms with Crippen molar-refractivity contribution in [2.45, 2.75) is 26.9 Å². The van der Waals surface area contributed by atoms with Crippen LogP contribution in [-0.2, 0) is 9.59 Å². The van der Waals surface area contributed by atoms with E-state index in [4.69, 9.17) is 10.2 Å². The molecule has 0 aliphatic heterocycles. The first-order valence-electron chi connectivity index (χ1n) is 4.23. The zero-order valence-electron chi connectivity index (χ0n) is 8.50. The maximum Gasteiger partial charge on any atom is 0.331 e. The summed E-state index contributed by atoms with van der Waals surface area (Å²) in [7, 11) is 0. The van der Waals surface area contributed by atoms with Crippen LogP contribution in [0.15, 0.2) is 11.1 Å². The van der Waals surface area contributed by atoms with Crippen molar-refractivity contribution in [3.63, 3.8) is 0 Å². The Kier molecular flexibility index (Phi) is 4.86. The maximum absolute atomic E-state index is 11.2. The summed E-state index contributed by atoms with van der Waals surface area (Å²) in [6, 6.07) is 0. The number of aliphatic hydroxyl groups excluding tert-OH is 1. The number of hydrogen-bond donors (Lipinski definition) is 3. The number of carbonyl (C=O) groups excluding carboxylic acids is 1. The smallest absolute Gasteiger partial charge is 0.331 e. The molecule has 3 N–H and O–H groups in total. The Morgan fingerprint density at radius 1 is 1.29 bits per heavy atom. The van der Waals surface area contributed by atoms with Crippen molar-refractivity contribution in [3.8, 4) is 0 Å². The molecule has 0 heterocycles. The molecule has 0 bridgehead atoms. The van der Waals surface area contributed by atoms with Crippen LogP contribution >= 0.6 is 0 Å². The summed E-state index contributed by atoms with van der Waals surface area (Å²) >= 11 is 0. The number of carboxylic acid groups (broad SMARTS) is 1. The van der Waals surface area contributed by atoms with Crippen LogP contribution in [0, 0.1) is 0 Å². The second kappa shape index (κ2) is 5.39. The first kappa shape index (κ1) is 12.6. The molecule has 0 aromatic carbocycles. The van der Waals surface area contributed by atoms with E-state index < -0.39 is 18.0 Å². The van der Waals surface area contributed by atoms with Gasteiger partial charge in [-0.15, -0.1) is 0 Å². The Hall–Kier alpha value is -1.36. The van der Waals surface area contributed by atoms with Crippen LogP contribution in [-0.4, -0.2) is 34.7 Å². The molecular weight excluding hydrogens is 186 g/mol. The molecule has 1 atom stereocenters. The average Bonchev–Trinajstić information content (AvgIpc) is 2.11. The van der Waals surface area contributed by atoms with E-state index in [2.05, 4.69) is 5.32 Å². The van der Waals surface area contributed by atoms with Gasteiger partial charge in [-0.1, -0.05) is 0 Å². The number of rotatable bonds is 4. The Balaban J connectivity index is 4.39. The van der Waals surface area contributed by atoms with Crippen molar-refractivity contribution in [2.24, 2.45) is 0 Å². The lowest BCUT2D eigenvalue weighted by atomic mass is 10.1. The highest BCUT2D eigenvalue weighted by molar-refractivity contribution is 6.01. The number of nitrogens with one attached hydrogen (secondary N) is 1. The Morgan fingerprint density at radius 2 is 1.79 bits per heavy atom. The minimum atomic E-state index is -1.12. The van der Waals surface area contributed by atoms with Crippen LogP contribution in [0.25, 0.3) is 0 Å². The lowest BCUT2D eigenvalue weighted by Crippen LogP contribution is -2.31. The van der Waals surface area contributed by atoms with Crippen LogP contribution in [0.1, 0.15) is 20.8 Å². The van der Waals surface area contributed by atoms with Crippen LogP contribution < -0.4 is 5.32 Å². The predicted octanol–water partition coefficient (Wildman–Crippen LogP) is -0.0956.